The first-order valence-electron chi connectivity index (χ1n) is 6.15. The summed E-state index contributed by atoms with van der Waals surface area (Å²) >= 11 is 0. The van der Waals surface area contributed by atoms with E-state index in [2.05, 4.69) is 12.2 Å². The van der Waals surface area contributed by atoms with Crippen LogP contribution in [0.1, 0.15) is 51.9 Å². The van der Waals surface area contributed by atoms with Crippen LogP contribution in [0.3, 0.4) is 0 Å². The molecule has 0 aromatic heterocycles. The average molecular weight is 181 g/mol. The van der Waals surface area contributed by atoms with Crippen molar-refractivity contribution >= 4 is 0 Å². The van der Waals surface area contributed by atoms with E-state index >= 15 is 0 Å². The summed E-state index contributed by atoms with van der Waals surface area (Å²) in [7, 11) is 0. The Balaban J connectivity index is 1.94. The van der Waals surface area contributed by atoms with Crippen LogP contribution in [0.25, 0.3) is 0 Å². The summed E-state index contributed by atoms with van der Waals surface area (Å²) < 4.78 is 0. The van der Waals surface area contributed by atoms with Crippen molar-refractivity contribution in [3.05, 3.63) is 0 Å². The third-order valence-corrected chi connectivity index (χ3v) is 3.99. The maximum absolute atomic E-state index is 3.71. The molecular formula is C12H23N. The van der Waals surface area contributed by atoms with Gasteiger partial charge in [-0.15, -0.1) is 0 Å². The molecule has 1 heteroatoms. The lowest BCUT2D eigenvalue weighted by molar-refractivity contribution is 0.131. The predicted octanol–water partition coefficient (Wildman–Crippen LogP) is 2.95. The summed E-state index contributed by atoms with van der Waals surface area (Å²) in [4.78, 5) is 0. The van der Waals surface area contributed by atoms with Crippen LogP contribution < -0.4 is 5.32 Å². The summed E-state index contributed by atoms with van der Waals surface area (Å²) in [5.74, 6) is 2.08. The lowest BCUT2D eigenvalue weighted by Gasteiger charge is -2.42. The lowest BCUT2D eigenvalue weighted by Crippen LogP contribution is -2.46. The number of hydrogen-bond donors (Lipinski definition) is 1. The van der Waals surface area contributed by atoms with E-state index < -0.39 is 0 Å². The first-order valence-corrected chi connectivity index (χ1v) is 6.15. The first-order chi connectivity index (χ1) is 6.42. The van der Waals surface area contributed by atoms with Gasteiger partial charge >= 0.3 is 0 Å². The molecule has 0 unspecified atom stereocenters. The molecule has 0 bridgehead atoms. The normalized spacial score (nSPS) is 39.9. The quantitative estimate of drug-likeness (QED) is 0.690. The fourth-order valence-electron chi connectivity index (χ4n) is 3.40. The molecule has 1 aliphatic carbocycles. The van der Waals surface area contributed by atoms with Crippen molar-refractivity contribution in [1.82, 2.24) is 5.32 Å². The van der Waals surface area contributed by atoms with Crippen molar-refractivity contribution in [2.24, 2.45) is 11.8 Å². The molecule has 0 aromatic rings. The SMILES string of the molecule is CCC[C@@H]1CCC[C@H]2NCCC[C@@H]12. The molecule has 2 aliphatic rings. The van der Waals surface area contributed by atoms with Crippen molar-refractivity contribution < 1.29 is 0 Å². The molecule has 76 valence electrons. The van der Waals surface area contributed by atoms with E-state index in [4.69, 9.17) is 0 Å². The van der Waals surface area contributed by atoms with Crippen molar-refractivity contribution in [1.29, 1.82) is 0 Å². The highest BCUT2D eigenvalue weighted by atomic mass is 14.9. The Kier molecular flexibility index (Phi) is 3.26. The Morgan fingerprint density at radius 1 is 1.15 bits per heavy atom. The monoisotopic (exact) mass is 181 g/mol. The zero-order valence-corrected chi connectivity index (χ0v) is 8.89. The van der Waals surface area contributed by atoms with E-state index in [0.29, 0.717) is 0 Å². The molecular weight excluding hydrogens is 158 g/mol. The van der Waals surface area contributed by atoms with E-state index in [1.165, 1.54) is 51.5 Å². The molecule has 1 N–H and O–H groups in total. The van der Waals surface area contributed by atoms with Gasteiger partial charge in [0.2, 0.25) is 0 Å². The fraction of sp³-hybridized carbons (Fsp3) is 1.00. The molecule has 0 radical (unpaired) electrons. The Morgan fingerprint density at radius 3 is 2.92 bits per heavy atom. The lowest BCUT2D eigenvalue weighted by atomic mass is 9.70. The number of piperidine rings is 1. The second-order valence-corrected chi connectivity index (χ2v) is 4.85. The Hall–Kier alpha value is -0.0400. The van der Waals surface area contributed by atoms with Crippen LogP contribution >= 0.6 is 0 Å². The fourth-order valence-corrected chi connectivity index (χ4v) is 3.40. The van der Waals surface area contributed by atoms with Gasteiger partial charge in [-0.25, -0.2) is 0 Å². The summed E-state index contributed by atoms with van der Waals surface area (Å²) in [6.07, 6.45) is 10.2. The van der Waals surface area contributed by atoms with Crippen LogP contribution in [0.5, 0.6) is 0 Å². The number of hydrogen-bond acceptors (Lipinski definition) is 1. The third-order valence-electron chi connectivity index (χ3n) is 3.99. The van der Waals surface area contributed by atoms with Crippen LogP contribution in [0.2, 0.25) is 0 Å². The molecule has 1 aliphatic heterocycles. The molecule has 1 saturated carbocycles. The minimum Gasteiger partial charge on any atom is -0.314 e. The number of rotatable bonds is 2. The summed E-state index contributed by atoms with van der Waals surface area (Å²) in [5, 5.41) is 3.71. The number of fused-ring (bicyclic) bond motifs is 1. The van der Waals surface area contributed by atoms with Gasteiger partial charge in [0.25, 0.3) is 0 Å². The summed E-state index contributed by atoms with van der Waals surface area (Å²) in [5.41, 5.74) is 0. The van der Waals surface area contributed by atoms with Gasteiger partial charge in [0.15, 0.2) is 0 Å². The van der Waals surface area contributed by atoms with Crippen LogP contribution in [-0.2, 0) is 0 Å². The molecule has 3 atom stereocenters. The largest absolute Gasteiger partial charge is 0.314 e. The van der Waals surface area contributed by atoms with Crippen LogP contribution in [-0.4, -0.2) is 12.6 Å². The molecule has 1 nitrogen and oxygen atoms in total. The second-order valence-electron chi connectivity index (χ2n) is 4.85. The Morgan fingerprint density at radius 2 is 2.08 bits per heavy atom. The molecule has 1 heterocycles. The van der Waals surface area contributed by atoms with Crippen molar-refractivity contribution in [2.75, 3.05) is 6.54 Å². The van der Waals surface area contributed by atoms with E-state index in [1.807, 2.05) is 0 Å². The molecule has 13 heavy (non-hydrogen) atoms. The smallest absolute Gasteiger partial charge is 0.00979 e. The number of nitrogens with one attached hydrogen (secondary N) is 1. The van der Waals surface area contributed by atoms with Gasteiger partial charge in [-0.05, 0) is 37.6 Å². The summed E-state index contributed by atoms with van der Waals surface area (Å²) in [6.45, 7) is 3.61. The Labute approximate surface area is 82.3 Å². The van der Waals surface area contributed by atoms with Gasteiger partial charge < -0.3 is 5.32 Å². The van der Waals surface area contributed by atoms with Gasteiger partial charge in [-0.1, -0.05) is 32.6 Å². The van der Waals surface area contributed by atoms with Gasteiger partial charge in [0.1, 0.15) is 0 Å². The van der Waals surface area contributed by atoms with Crippen LogP contribution in [0.15, 0.2) is 0 Å². The molecule has 1 saturated heterocycles. The topological polar surface area (TPSA) is 12.0 Å². The van der Waals surface area contributed by atoms with Crippen LogP contribution in [0, 0.1) is 11.8 Å². The van der Waals surface area contributed by atoms with Gasteiger partial charge in [0.05, 0.1) is 0 Å². The molecule has 2 fully saturated rings. The summed E-state index contributed by atoms with van der Waals surface area (Å²) in [6, 6.07) is 0.888. The first kappa shape index (κ1) is 9.51. The predicted molar refractivity (Wildman–Crippen MR) is 56.8 cm³/mol. The van der Waals surface area contributed by atoms with E-state index in [-0.39, 0.29) is 0 Å². The van der Waals surface area contributed by atoms with Crippen molar-refractivity contribution in [3.8, 4) is 0 Å². The highest BCUT2D eigenvalue weighted by Gasteiger charge is 2.33. The molecule has 2 rings (SSSR count). The highest BCUT2D eigenvalue weighted by Crippen LogP contribution is 2.37. The van der Waals surface area contributed by atoms with Crippen molar-refractivity contribution in [2.45, 2.75) is 57.9 Å². The zero-order chi connectivity index (χ0) is 9.10. The van der Waals surface area contributed by atoms with E-state index in [1.54, 1.807) is 0 Å². The van der Waals surface area contributed by atoms with Gasteiger partial charge in [-0.3, -0.25) is 0 Å². The maximum Gasteiger partial charge on any atom is 0.00979 e. The van der Waals surface area contributed by atoms with E-state index in [9.17, 15) is 0 Å². The zero-order valence-electron chi connectivity index (χ0n) is 8.89. The average Bonchev–Trinajstić information content (AvgIpc) is 2.19. The maximum atomic E-state index is 3.71. The third kappa shape index (κ3) is 2.07. The van der Waals surface area contributed by atoms with Crippen LogP contribution in [0.4, 0.5) is 0 Å². The highest BCUT2D eigenvalue weighted by molar-refractivity contribution is 4.89. The minimum atomic E-state index is 0.888. The van der Waals surface area contributed by atoms with E-state index in [0.717, 1.165) is 17.9 Å². The molecule has 0 aromatic carbocycles. The second kappa shape index (κ2) is 4.45. The molecule has 0 amide bonds. The minimum absolute atomic E-state index is 0.888. The van der Waals surface area contributed by atoms with Gasteiger partial charge in [-0.2, -0.15) is 0 Å². The molecule has 0 spiro atoms. The Bertz CT molecular complexity index is 151. The standard InChI is InChI=1S/C12H23N/c1-2-5-10-6-3-8-12-11(10)7-4-9-13-12/h10-13H,2-9H2,1H3/t10-,11+,12-/m1/s1. The van der Waals surface area contributed by atoms with Crippen molar-refractivity contribution in [3.63, 3.8) is 0 Å². The van der Waals surface area contributed by atoms with Gasteiger partial charge in [0, 0.05) is 6.04 Å².